The molecule has 1 N–H and O–H groups in total. The summed E-state index contributed by atoms with van der Waals surface area (Å²) in [6.45, 7) is 4.23. The average molecular weight is 385 g/mol. The maximum Gasteiger partial charge on any atom is 0.253 e. The Labute approximate surface area is 165 Å². The number of carbonyl (C=O) groups is 2. The standard InChI is InChI=1S/C22H25ClN2O2/c1-16-2-4-19(5-3-16)22(27)25-14-11-17(12-15-25)10-13-24-21(26)18-6-8-20(23)9-7-18/h2-9,17H,10-15H2,1H3,(H,24,26). The van der Waals surface area contributed by atoms with E-state index in [0.717, 1.165) is 43.5 Å². The van der Waals surface area contributed by atoms with Crippen LogP contribution in [0.2, 0.25) is 5.02 Å². The van der Waals surface area contributed by atoms with Crippen LogP contribution in [0.3, 0.4) is 0 Å². The first-order chi connectivity index (χ1) is 13.0. The number of hydrogen-bond acceptors (Lipinski definition) is 2. The minimum absolute atomic E-state index is 0.0707. The Balaban J connectivity index is 1.40. The number of amides is 2. The van der Waals surface area contributed by atoms with E-state index in [1.54, 1.807) is 24.3 Å². The molecule has 1 saturated heterocycles. The van der Waals surface area contributed by atoms with Crippen molar-refractivity contribution in [3.8, 4) is 0 Å². The van der Waals surface area contributed by atoms with Crippen LogP contribution in [0.1, 0.15) is 45.5 Å². The molecule has 4 nitrogen and oxygen atoms in total. The van der Waals surface area contributed by atoms with Crippen LogP contribution < -0.4 is 5.32 Å². The zero-order chi connectivity index (χ0) is 19.2. The molecule has 1 fully saturated rings. The summed E-state index contributed by atoms with van der Waals surface area (Å²) in [4.78, 5) is 26.6. The molecule has 2 aromatic carbocycles. The van der Waals surface area contributed by atoms with Gasteiger partial charge in [-0.15, -0.1) is 0 Å². The highest BCUT2D eigenvalue weighted by Gasteiger charge is 2.23. The molecule has 1 aliphatic heterocycles. The Morgan fingerprint density at radius 3 is 2.22 bits per heavy atom. The van der Waals surface area contributed by atoms with E-state index in [9.17, 15) is 9.59 Å². The first kappa shape index (κ1) is 19.4. The fourth-order valence-corrected chi connectivity index (χ4v) is 3.52. The van der Waals surface area contributed by atoms with Crippen molar-refractivity contribution in [3.05, 3.63) is 70.2 Å². The lowest BCUT2D eigenvalue weighted by Crippen LogP contribution is -2.39. The Morgan fingerprint density at radius 2 is 1.59 bits per heavy atom. The van der Waals surface area contributed by atoms with E-state index in [-0.39, 0.29) is 11.8 Å². The quantitative estimate of drug-likeness (QED) is 0.834. The number of piperidine rings is 1. The summed E-state index contributed by atoms with van der Waals surface area (Å²) in [7, 11) is 0. The second-order valence-electron chi connectivity index (χ2n) is 7.15. The molecule has 142 valence electrons. The third-order valence-corrected chi connectivity index (χ3v) is 5.40. The fraction of sp³-hybridized carbons (Fsp3) is 0.364. The molecule has 0 aliphatic carbocycles. The summed E-state index contributed by atoms with van der Waals surface area (Å²) in [6, 6.07) is 14.6. The van der Waals surface area contributed by atoms with Crippen molar-refractivity contribution < 1.29 is 9.59 Å². The molecule has 2 aromatic rings. The maximum atomic E-state index is 12.6. The van der Waals surface area contributed by atoms with Crippen LogP contribution in [0.25, 0.3) is 0 Å². The summed E-state index contributed by atoms with van der Waals surface area (Å²) < 4.78 is 0. The number of nitrogens with one attached hydrogen (secondary N) is 1. The largest absolute Gasteiger partial charge is 0.352 e. The number of aryl methyl sites for hydroxylation is 1. The Bertz CT molecular complexity index is 776. The van der Waals surface area contributed by atoms with Crippen LogP contribution in [-0.4, -0.2) is 36.3 Å². The van der Waals surface area contributed by atoms with E-state index in [4.69, 9.17) is 11.6 Å². The molecule has 0 saturated carbocycles. The van der Waals surface area contributed by atoms with Gasteiger partial charge in [0.2, 0.25) is 0 Å². The van der Waals surface area contributed by atoms with Crippen molar-refractivity contribution in [3.63, 3.8) is 0 Å². The summed E-state index contributed by atoms with van der Waals surface area (Å²) in [5.41, 5.74) is 2.54. The van der Waals surface area contributed by atoms with E-state index in [2.05, 4.69) is 5.32 Å². The molecule has 0 bridgehead atoms. The van der Waals surface area contributed by atoms with Gasteiger partial charge in [-0.2, -0.15) is 0 Å². The van der Waals surface area contributed by atoms with Crippen molar-refractivity contribution in [1.82, 2.24) is 10.2 Å². The van der Waals surface area contributed by atoms with Crippen molar-refractivity contribution in [1.29, 1.82) is 0 Å². The van der Waals surface area contributed by atoms with Crippen LogP contribution in [0.15, 0.2) is 48.5 Å². The van der Waals surface area contributed by atoms with Crippen LogP contribution >= 0.6 is 11.6 Å². The lowest BCUT2D eigenvalue weighted by atomic mass is 9.93. The van der Waals surface area contributed by atoms with Gasteiger partial charge in [-0.25, -0.2) is 0 Å². The molecule has 27 heavy (non-hydrogen) atoms. The Kier molecular flexibility index (Phi) is 6.51. The lowest BCUT2D eigenvalue weighted by molar-refractivity contribution is 0.0687. The lowest BCUT2D eigenvalue weighted by Gasteiger charge is -2.32. The van der Waals surface area contributed by atoms with E-state index in [1.165, 1.54) is 0 Å². The van der Waals surface area contributed by atoms with Crippen LogP contribution in [0.5, 0.6) is 0 Å². The predicted octanol–water partition coefficient (Wildman–Crippen LogP) is 4.32. The van der Waals surface area contributed by atoms with Gasteiger partial charge in [0.05, 0.1) is 0 Å². The first-order valence-electron chi connectivity index (χ1n) is 9.42. The molecule has 5 heteroatoms. The number of hydrogen-bond donors (Lipinski definition) is 1. The molecule has 1 aliphatic rings. The van der Waals surface area contributed by atoms with Gasteiger partial charge in [0.1, 0.15) is 0 Å². The second-order valence-corrected chi connectivity index (χ2v) is 7.59. The fourth-order valence-electron chi connectivity index (χ4n) is 3.40. The normalized spacial score (nSPS) is 14.8. The number of halogens is 1. The minimum Gasteiger partial charge on any atom is -0.352 e. The second kappa shape index (κ2) is 9.05. The van der Waals surface area contributed by atoms with Gasteiger partial charge in [0, 0.05) is 35.8 Å². The van der Waals surface area contributed by atoms with Crippen molar-refractivity contribution in [2.75, 3.05) is 19.6 Å². The molecule has 0 spiro atoms. The van der Waals surface area contributed by atoms with Gasteiger partial charge >= 0.3 is 0 Å². The van der Waals surface area contributed by atoms with Crippen molar-refractivity contribution >= 4 is 23.4 Å². The first-order valence-corrected chi connectivity index (χ1v) is 9.80. The highest BCUT2D eigenvalue weighted by molar-refractivity contribution is 6.30. The third kappa shape index (κ3) is 5.33. The van der Waals surface area contributed by atoms with E-state index < -0.39 is 0 Å². The summed E-state index contributed by atoms with van der Waals surface area (Å²) >= 11 is 5.84. The van der Waals surface area contributed by atoms with Gasteiger partial charge in [-0.1, -0.05) is 29.3 Å². The van der Waals surface area contributed by atoms with Gasteiger partial charge in [-0.3, -0.25) is 9.59 Å². The molecule has 2 amide bonds. The van der Waals surface area contributed by atoms with E-state index in [0.29, 0.717) is 23.0 Å². The molecule has 0 aromatic heterocycles. The molecule has 1 heterocycles. The smallest absolute Gasteiger partial charge is 0.253 e. The number of rotatable bonds is 5. The molecule has 0 unspecified atom stereocenters. The topological polar surface area (TPSA) is 49.4 Å². The Morgan fingerprint density at radius 1 is 1.00 bits per heavy atom. The average Bonchev–Trinajstić information content (AvgIpc) is 2.69. The van der Waals surface area contributed by atoms with Crippen LogP contribution in [0.4, 0.5) is 0 Å². The monoisotopic (exact) mass is 384 g/mol. The number of carbonyl (C=O) groups excluding carboxylic acids is 2. The summed E-state index contributed by atoms with van der Waals surface area (Å²) in [5, 5.41) is 3.59. The highest BCUT2D eigenvalue weighted by atomic mass is 35.5. The third-order valence-electron chi connectivity index (χ3n) is 5.14. The van der Waals surface area contributed by atoms with E-state index in [1.807, 2.05) is 36.1 Å². The van der Waals surface area contributed by atoms with Crippen molar-refractivity contribution in [2.24, 2.45) is 5.92 Å². The molecular weight excluding hydrogens is 360 g/mol. The van der Waals surface area contributed by atoms with Gasteiger partial charge in [0.25, 0.3) is 11.8 Å². The van der Waals surface area contributed by atoms with Crippen LogP contribution in [-0.2, 0) is 0 Å². The molecule has 0 radical (unpaired) electrons. The van der Waals surface area contributed by atoms with Gasteiger partial charge in [0.15, 0.2) is 0 Å². The number of likely N-dealkylation sites (tertiary alicyclic amines) is 1. The summed E-state index contributed by atoms with van der Waals surface area (Å²) in [5.74, 6) is 0.584. The molecular formula is C22H25ClN2O2. The number of benzene rings is 2. The van der Waals surface area contributed by atoms with Gasteiger partial charge < -0.3 is 10.2 Å². The van der Waals surface area contributed by atoms with Crippen LogP contribution in [0, 0.1) is 12.8 Å². The highest BCUT2D eigenvalue weighted by Crippen LogP contribution is 2.21. The SMILES string of the molecule is Cc1ccc(C(=O)N2CCC(CCNC(=O)c3ccc(Cl)cc3)CC2)cc1. The Hall–Kier alpha value is -2.33. The number of nitrogens with zero attached hydrogens (tertiary/aromatic N) is 1. The minimum atomic E-state index is -0.0707. The maximum absolute atomic E-state index is 12.6. The predicted molar refractivity (Wildman–Crippen MR) is 108 cm³/mol. The summed E-state index contributed by atoms with van der Waals surface area (Å²) in [6.07, 6.45) is 2.90. The molecule has 0 atom stereocenters. The van der Waals surface area contributed by atoms with Gasteiger partial charge in [-0.05, 0) is 68.5 Å². The zero-order valence-corrected chi connectivity index (χ0v) is 16.3. The zero-order valence-electron chi connectivity index (χ0n) is 15.6. The van der Waals surface area contributed by atoms with E-state index >= 15 is 0 Å². The van der Waals surface area contributed by atoms with Crippen molar-refractivity contribution in [2.45, 2.75) is 26.2 Å². The molecule has 3 rings (SSSR count).